The number of likely N-dealkylation sites (tertiary alicyclic amines) is 1. The lowest BCUT2D eigenvalue weighted by Crippen LogP contribution is -2.22. The van der Waals surface area contributed by atoms with Crippen molar-refractivity contribution in [2.75, 3.05) is 38.2 Å². The van der Waals surface area contributed by atoms with Crippen molar-refractivity contribution in [1.29, 1.82) is 0 Å². The first-order valence-corrected chi connectivity index (χ1v) is 8.03. The van der Waals surface area contributed by atoms with Crippen LogP contribution in [0.5, 0.6) is 0 Å². The molecule has 0 spiro atoms. The first kappa shape index (κ1) is 13.9. The third-order valence-corrected chi connectivity index (χ3v) is 4.47. The van der Waals surface area contributed by atoms with E-state index in [0.29, 0.717) is 0 Å². The molecular weight excluding hydrogens is 248 g/mol. The number of hydrogen-bond donors (Lipinski definition) is 1. The van der Waals surface area contributed by atoms with Crippen LogP contribution in [-0.2, 0) is 11.3 Å². The number of benzene rings is 1. The van der Waals surface area contributed by atoms with Gasteiger partial charge in [0.05, 0.1) is 0 Å². The Bertz CT molecular complexity index is 409. The molecule has 0 bridgehead atoms. The molecule has 0 aliphatic carbocycles. The van der Waals surface area contributed by atoms with Crippen molar-refractivity contribution in [2.24, 2.45) is 5.92 Å². The lowest BCUT2D eigenvalue weighted by molar-refractivity contribution is 0.0699. The second-order valence-corrected chi connectivity index (χ2v) is 6.12. The van der Waals surface area contributed by atoms with E-state index in [0.717, 1.165) is 32.2 Å². The highest BCUT2D eigenvalue weighted by Gasteiger charge is 2.14. The molecule has 1 aromatic rings. The maximum atomic E-state index is 5.41. The molecule has 1 aromatic carbocycles. The molecule has 3 rings (SSSR count). The molecule has 2 aliphatic rings. The van der Waals surface area contributed by atoms with Gasteiger partial charge < -0.3 is 10.1 Å². The fourth-order valence-corrected chi connectivity index (χ4v) is 3.19. The van der Waals surface area contributed by atoms with Crippen LogP contribution in [0, 0.1) is 5.92 Å². The van der Waals surface area contributed by atoms with Gasteiger partial charge in [0, 0.05) is 32.0 Å². The average Bonchev–Trinajstić information content (AvgIpc) is 3.00. The Balaban J connectivity index is 1.50. The summed E-state index contributed by atoms with van der Waals surface area (Å²) in [5, 5.41) is 3.61. The Morgan fingerprint density at radius 1 is 1.15 bits per heavy atom. The summed E-state index contributed by atoms with van der Waals surface area (Å²) < 4.78 is 5.41. The second kappa shape index (κ2) is 7.09. The Morgan fingerprint density at radius 2 is 1.95 bits per heavy atom. The Morgan fingerprint density at radius 3 is 2.75 bits per heavy atom. The van der Waals surface area contributed by atoms with Crippen LogP contribution >= 0.6 is 0 Å². The van der Waals surface area contributed by atoms with Gasteiger partial charge in [-0.15, -0.1) is 0 Å². The van der Waals surface area contributed by atoms with Crippen LogP contribution < -0.4 is 5.32 Å². The van der Waals surface area contributed by atoms with Gasteiger partial charge in [-0.2, -0.15) is 0 Å². The van der Waals surface area contributed by atoms with Crippen molar-refractivity contribution in [2.45, 2.75) is 32.2 Å². The maximum absolute atomic E-state index is 5.41. The van der Waals surface area contributed by atoms with Crippen molar-refractivity contribution in [3.05, 3.63) is 29.8 Å². The van der Waals surface area contributed by atoms with E-state index in [9.17, 15) is 0 Å². The van der Waals surface area contributed by atoms with Gasteiger partial charge in [-0.25, -0.2) is 0 Å². The highest BCUT2D eigenvalue weighted by Crippen LogP contribution is 2.18. The SMILES string of the molecule is c1cc(CN2CCCC2)cc(NCC2CCOCC2)c1. The second-order valence-electron chi connectivity index (χ2n) is 6.12. The van der Waals surface area contributed by atoms with Crippen molar-refractivity contribution < 1.29 is 4.74 Å². The van der Waals surface area contributed by atoms with Crippen LogP contribution in [-0.4, -0.2) is 37.7 Å². The molecule has 20 heavy (non-hydrogen) atoms. The van der Waals surface area contributed by atoms with E-state index >= 15 is 0 Å². The number of nitrogens with zero attached hydrogens (tertiary/aromatic N) is 1. The Labute approximate surface area is 122 Å². The number of anilines is 1. The van der Waals surface area contributed by atoms with Gasteiger partial charge in [-0.1, -0.05) is 12.1 Å². The lowest BCUT2D eigenvalue weighted by atomic mass is 10.0. The standard InChI is InChI=1S/C17H26N2O/c1-2-9-19(8-1)14-16-4-3-5-17(12-16)18-13-15-6-10-20-11-7-15/h3-5,12,15,18H,1-2,6-11,13-14H2. The Hall–Kier alpha value is -1.06. The van der Waals surface area contributed by atoms with E-state index in [1.807, 2.05) is 0 Å². The summed E-state index contributed by atoms with van der Waals surface area (Å²) in [4.78, 5) is 2.55. The van der Waals surface area contributed by atoms with Gasteiger partial charge in [-0.3, -0.25) is 4.90 Å². The molecule has 0 unspecified atom stereocenters. The number of rotatable bonds is 5. The van der Waals surface area contributed by atoms with Crippen molar-refractivity contribution in [3.63, 3.8) is 0 Å². The van der Waals surface area contributed by atoms with E-state index in [1.165, 1.54) is 50.0 Å². The van der Waals surface area contributed by atoms with Crippen LogP contribution in [0.3, 0.4) is 0 Å². The first-order valence-electron chi connectivity index (χ1n) is 8.03. The molecule has 3 nitrogen and oxygen atoms in total. The van der Waals surface area contributed by atoms with E-state index in [4.69, 9.17) is 4.74 Å². The summed E-state index contributed by atoms with van der Waals surface area (Å²) in [6.07, 6.45) is 5.12. The van der Waals surface area contributed by atoms with Gasteiger partial charge in [0.2, 0.25) is 0 Å². The third-order valence-electron chi connectivity index (χ3n) is 4.47. The van der Waals surface area contributed by atoms with Crippen LogP contribution in [0.2, 0.25) is 0 Å². The highest BCUT2D eigenvalue weighted by molar-refractivity contribution is 5.45. The molecule has 0 saturated carbocycles. The number of nitrogens with one attached hydrogen (secondary N) is 1. The predicted molar refractivity (Wildman–Crippen MR) is 83.0 cm³/mol. The molecule has 0 amide bonds. The number of hydrogen-bond acceptors (Lipinski definition) is 3. The van der Waals surface area contributed by atoms with Gasteiger partial charge >= 0.3 is 0 Å². The zero-order valence-electron chi connectivity index (χ0n) is 12.3. The van der Waals surface area contributed by atoms with Crippen LogP contribution in [0.1, 0.15) is 31.2 Å². The summed E-state index contributed by atoms with van der Waals surface area (Å²) in [7, 11) is 0. The third kappa shape index (κ3) is 3.97. The van der Waals surface area contributed by atoms with Gasteiger partial charge in [0.25, 0.3) is 0 Å². The topological polar surface area (TPSA) is 24.5 Å². The summed E-state index contributed by atoms with van der Waals surface area (Å²) in [6, 6.07) is 8.93. The summed E-state index contributed by atoms with van der Waals surface area (Å²) in [5.41, 5.74) is 2.71. The zero-order chi connectivity index (χ0) is 13.6. The largest absolute Gasteiger partial charge is 0.385 e. The lowest BCUT2D eigenvalue weighted by Gasteiger charge is -2.23. The first-order chi connectivity index (χ1) is 9.90. The molecular formula is C17H26N2O. The van der Waals surface area contributed by atoms with Gasteiger partial charge in [0.15, 0.2) is 0 Å². The summed E-state index contributed by atoms with van der Waals surface area (Å²) in [6.45, 7) is 6.57. The molecule has 0 radical (unpaired) electrons. The maximum Gasteiger partial charge on any atom is 0.0469 e. The minimum absolute atomic E-state index is 0.769. The van der Waals surface area contributed by atoms with E-state index in [1.54, 1.807) is 0 Å². The quantitative estimate of drug-likeness (QED) is 0.893. The van der Waals surface area contributed by atoms with Crippen molar-refractivity contribution in [3.8, 4) is 0 Å². The van der Waals surface area contributed by atoms with E-state index in [-0.39, 0.29) is 0 Å². The van der Waals surface area contributed by atoms with Crippen LogP contribution in [0.25, 0.3) is 0 Å². The van der Waals surface area contributed by atoms with E-state index < -0.39 is 0 Å². The predicted octanol–water partition coefficient (Wildman–Crippen LogP) is 3.12. The van der Waals surface area contributed by atoms with Crippen molar-refractivity contribution in [1.82, 2.24) is 4.90 Å². The minimum atomic E-state index is 0.769. The molecule has 110 valence electrons. The average molecular weight is 274 g/mol. The molecule has 2 heterocycles. The van der Waals surface area contributed by atoms with Crippen LogP contribution in [0.4, 0.5) is 5.69 Å². The molecule has 2 saturated heterocycles. The van der Waals surface area contributed by atoms with E-state index in [2.05, 4.69) is 34.5 Å². The molecule has 0 aromatic heterocycles. The highest BCUT2D eigenvalue weighted by atomic mass is 16.5. The zero-order valence-corrected chi connectivity index (χ0v) is 12.3. The summed E-state index contributed by atoms with van der Waals surface area (Å²) in [5.74, 6) is 0.769. The fourth-order valence-electron chi connectivity index (χ4n) is 3.19. The smallest absolute Gasteiger partial charge is 0.0469 e. The normalized spacial score (nSPS) is 21.2. The molecule has 2 fully saturated rings. The molecule has 2 aliphatic heterocycles. The Kier molecular flexibility index (Phi) is 4.93. The molecule has 0 atom stereocenters. The molecule has 3 heteroatoms. The number of ether oxygens (including phenoxy) is 1. The van der Waals surface area contributed by atoms with Crippen molar-refractivity contribution >= 4 is 5.69 Å². The van der Waals surface area contributed by atoms with Crippen LogP contribution in [0.15, 0.2) is 24.3 Å². The fraction of sp³-hybridized carbons (Fsp3) is 0.647. The molecule has 1 N–H and O–H groups in total. The monoisotopic (exact) mass is 274 g/mol. The summed E-state index contributed by atoms with van der Waals surface area (Å²) >= 11 is 0. The minimum Gasteiger partial charge on any atom is -0.385 e. The van der Waals surface area contributed by atoms with Gasteiger partial charge in [0.1, 0.15) is 0 Å². The van der Waals surface area contributed by atoms with Gasteiger partial charge in [-0.05, 0) is 62.4 Å².